The lowest BCUT2D eigenvalue weighted by Crippen LogP contribution is -2.37. The summed E-state index contributed by atoms with van der Waals surface area (Å²) in [6, 6.07) is 9.18. The van der Waals surface area contributed by atoms with Crippen LogP contribution in [0.4, 0.5) is 0 Å². The minimum atomic E-state index is -0.0939. The molecule has 140 valence electrons. The highest BCUT2D eigenvalue weighted by molar-refractivity contribution is 5.93. The van der Waals surface area contributed by atoms with Gasteiger partial charge in [0.2, 0.25) is 0 Å². The fraction of sp³-hybridized carbons (Fsp3) is 0.450. The van der Waals surface area contributed by atoms with Gasteiger partial charge in [-0.3, -0.25) is 9.59 Å². The van der Waals surface area contributed by atoms with E-state index in [1.807, 2.05) is 19.1 Å². The van der Waals surface area contributed by atoms with E-state index >= 15 is 0 Å². The number of carbonyl (C=O) groups is 2. The predicted octanol–water partition coefficient (Wildman–Crippen LogP) is 3.23. The van der Waals surface area contributed by atoms with E-state index in [4.69, 9.17) is 10.00 Å². The van der Waals surface area contributed by atoms with Crippen LogP contribution in [0.15, 0.2) is 30.3 Å². The Morgan fingerprint density at radius 1 is 1.27 bits per heavy atom. The first-order chi connectivity index (χ1) is 12.1. The van der Waals surface area contributed by atoms with E-state index in [-0.39, 0.29) is 30.1 Å². The molecule has 0 aliphatic carbocycles. The van der Waals surface area contributed by atoms with Crippen LogP contribution in [0.25, 0.3) is 6.08 Å². The normalized spacial score (nSPS) is 15.2. The maximum absolute atomic E-state index is 12.0. The maximum atomic E-state index is 12.0. The van der Waals surface area contributed by atoms with E-state index < -0.39 is 0 Å². The van der Waals surface area contributed by atoms with Gasteiger partial charge in [-0.25, -0.2) is 0 Å². The standard InChI is InChI=1S/C20H24N2O3.ClH/c1-2-25-20(24)18-9-12-22(13-10-18)14-11-19(23)8-7-16-3-5-17(15-21)6-4-16;/h3-8,18H,2,9-14H2,1H3;1H/b8-7+;. The zero-order chi connectivity index (χ0) is 18.1. The molecule has 1 aliphatic rings. The van der Waals surface area contributed by atoms with Gasteiger partial charge in [0.15, 0.2) is 5.78 Å². The van der Waals surface area contributed by atoms with Gasteiger partial charge in [0, 0.05) is 13.0 Å². The number of piperidine rings is 1. The Kier molecular flexibility index (Phi) is 9.64. The average molecular weight is 377 g/mol. The Hall–Kier alpha value is -2.16. The minimum Gasteiger partial charge on any atom is -0.466 e. The largest absolute Gasteiger partial charge is 0.466 e. The van der Waals surface area contributed by atoms with E-state index in [1.165, 1.54) is 0 Å². The number of hydrogen-bond acceptors (Lipinski definition) is 5. The first-order valence-electron chi connectivity index (χ1n) is 8.72. The molecule has 0 bridgehead atoms. The summed E-state index contributed by atoms with van der Waals surface area (Å²) in [6.45, 7) is 4.63. The molecule has 0 N–H and O–H groups in total. The smallest absolute Gasteiger partial charge is 0.309 e. The molecular weight excluding hydrogens is 352 g/mol. The monoisotopic (exact) mass is 376 g/mol. The van der Waals surface area contributed by atoms with E-state index in [0.717, 1.165) is 31.5 Å². The molecule has 0 spiro atoms. The number of nitrogens with zero attached hydrogens (tertiary/aromatic N) is 2. The van der Waals surface area contributed by atoms with Crippen molar-refractivity contribution in [2.45, 2.75) is 26.2 Å². The SMILES string of the molecule is CCOC(=O)C1CCN(CCC(=O)/C=C/c2ccc(C#N)cc2)CC1.Cl. The third-order valence-corrected chi connectivity index (χ3v) is 4.38. The molecule has 26 heavy (non-hydrogen) atoms. The Balaban J connectivity index is 0.00000338. The second kappa shape index (κ2) is 11.5. The molecule has 2 rings (SSSR count). The number of ether oxygens (including phenoxy) is 1. The summed E-state index contributed by atoms with van der Waals surface area (Å²) in [6.07, 6.45) is 5.43. The number of carbonyl (C=O) groups excluding carboxylic acids is 2. The molecule has 0 radical (unpaired) electrons. The quantitative estimate of drug-likeness (QED) is 0.539. The molecule has 0 aromatic heterocycles. The highest BCUT2D eigenvalue weighted by Gasteiger charge is 2.25. The van der Waals surface area contributed by atoms with Crippen LogP contribution in [0.5, 0.6) is 0 Å². The lowest BCUT2D eigenvalue weighted by molar-refractivity contribution is -0.149. The van der Waals surface area contributed by atoms with Crippen LogP contribution in [0, 0.1) is 17.2 Å². The van der Waals surface area contributed by atoms with Crippen LogP contribution in [0.2, 0.25) is 0 Å². The lowest BCUT2D eigenvalue weighted by Gasteiger charge is -2.30. The van der Waals surface area contributed by atoms with Gasteiger partial charge < -0.3 is 9.64 Å². The molecule has 1 fully saturated rings. The lowest BCUT2D eigenvalue weighted by atomic mass is 9.97. The molecule has 0 saturated carbocycles. The summed E-state index contributed by atoms with van der Waals surface area (Å²) in [5, 5.41) is 8.76. The van der Waals surface area contributed by atoms with Gasteiger partial charge in [-0.2, -0.15) is 5.26 Å². The van der Waals surface area contributed by atoms with Crippen molar-refractivity contribution >= 4 is 30.2 Å². The van der Waals surface area contributed by atoms with Gasteiger partial charge in [-0.1, -0.05) is 18.2 Å². The highest BCUT2D eigenvalue weighted by atomic mass is 35.5. The summed E-state index contributed by atoms with van der Waals surface area (Å²) >= 11 is 0. The molecule has 1 heterocycles. The van der Waals surface area contributed by atoms with Gasteiger partial charge in [-0.05, 0) is 56.6 Å². The van der Waals surface area contributed by atoms with Crippen LogP contribution in [-0.2, 0) is 14.3 Å². The van der Waals surface area contributed by atoms with Gasteiger partial charge in [0.25, 0.3) is 0 Å². The van der Waals surface area contributed by atoms with Crippen LogP contribution in [0.1, 0.15) is 37.3 Å². The minimum absolute atomic E-state index is 0. The van der Waals surface area contributed by atoms with Gasteiger partial charge >= 0.3 is 5.97 Å². The average Bonchev–Trinajstić information content (AvgIpc) is 2.65. The topological polar surface area (TPSA) is 70.4 Å². The molecular formula is C20H25ClN2O3. The summed E-state index contributed by atoms with van der Waals surface area (Å²) in [5.74, 6) is -0.0105. The number of hydrogen-bond donors (Lipinski definition) is 0. The third kappa shape index (κ3) is 6.99. The van der Waals surface area contributed by atoms with E-state index in [0.29, 0.717) is 25.1 Å². The van der Waals surface area contributed by atoms with Gasteiger partial charge in [-0.15, -0.1) is 12.4 Å². The van der Waals surface area contributed by atoms with Crippen molar-refractivity contribution < 1.29 is 14.3 Å². The van der Waals surface area contributed by atoms with Crippen molar-refractivity contribution in [2.24, 2.45) is 5.92 Å². The summed E-state index contributed by atoms with van der Waals surface area (Å²) in [4.78, 5) is 25.9. The summed E-state index contributed by atoms with van der Waals surface area (Å²) in [5.41, 5.74) is 1.51. The molecule has 0 unspecified atom stereocenters. The second-order valence-electron chi connectivity index (χ2n) is 6.15. The van der Waals surface area contributed by atoms with Crippen LogP contribution < -0.4 is 0 Å². The van der Waals surface area contributed by atoms with Crippen molar-refractivity contribution in [3.8, 4) is 6.07 Å². The molecule has 5 nitrogen and oxygen atoms in total. The predicted molar refractivity (Wildman–Crippen MR) is 103 cm³/mol. The number of halogens is 1. The second-order valence-corrected chi connectivity index (χ2v) is 6.15. The van der Waals surface area contributed by atoms with Crippen molar-refractivity contribution in [3.63, 3.8) is 0 Å². The molecule has 1 aliphatic heterocycles. The van der Waals surface area contributed by atoms with Crippen molar-refractivity contribution in [3.05, 3.63) is 41.5 Å². The molecule has 0 atom stereocenters. The van der Waals surface area contributed by atoms with Crippen molar-refractivity contribution in [1.82, 2.24) is 4.90 Å². The fourth-order valence-corrected chi connectivity index (χ4v) is 2.86. The Morgan fingerprint density at radius 2 is 1.92 bits per heavy atom. The van der Waals surface area contributed by atoms with Gasteiger partial charge in [0.1, 0.15) is 0 Å². The zero-order valence-corrected chi connectivity index (χ0v) is 15.8. The number of rotatable bonds is 7. The molecule has 0 amide bonds. The van der Waals surface area contributed by atoms with E-state index in [9.17, 15) is 9.59 Å². The number of esters is 1. The number of nitriles is 1. The number of ketones is 1. The third-order valence-electron chi connectivity index (χ3n) is 4.38. The van der Waals surface area contributed by atoms with Crippen molar-refractivity contribution in [2.75, 3.05) is 26.2 Å². The molecule has 1 saturated heterocycles. The van der Waals surface area contributed by atoms with Crippen LogP contribution in [-0.4, -0.2) is 42.9 Å². The number of benzene rings is 1. The Morgan fingerprint density at radius 3 is 2.50 bits per heavy atom. The zero-order valence-electron chi connectivity index (χ0n) is 15.0. The summed E-state index contributed by atoms with van der Waals surface area (Å²) < 4.78 is 5.06. The Labute approximate surface area is 161 Å². The number of allylic oxidation sites excluding steroid dienone is 1. The van der Waals surface area contributed by atoms with E-state index in [2.05, 4.69) is 11.0 Å². The van der Waals surface area contributed by atoms with Gasteiger partial charge in [0.05, 0.1) is 24.2 Å². The first kappa shape index (κ1) is 21.9. The highest BCUT2D eigenvalue weighted by Crippen LogP contribution is 2.18. The van der Waals surface area contributed by atoms with Crippen LogP contribution in [0.3, 0.4) is 0 Å². The number of likely N-dealkylation sites (tertiary alicyclic amines) is 1. The van der Waals surface area contributed by atoms with Crippen molar-refractivity contribution in [1.29, 1.82) is 5.26 Å². The first-order valence-corrected chi connectivity index (χ1v) is 8.72. The Bertz CT molecular complexity index is 657. The summed E-state index contributed by atoms with van der Waals surface area (Å²) in [7, 11) is 0. The molecule has 1 aromatic rings. The molecule has 1 aromatic carbocycles. The fourth-order valence-electron chi connectivity index (χ4n) is 2.86. The van der Waals surface area contributed by atoms with E-state index in [1.54, 1.807) is 24.3 Å². The van der Waals surface area contributed by atoms with Crippen LogP contribution >= 0.6 is 12.4 Å². The molecule has 6 heteroatoms. The maximum Gasteiger partial charge on any atom is 0.309 e.